The summed E-state index contributed by atoms with van der Waals surface area (Å²) in [6.45, 7) is -0.0560. The normalized spacial score (nSPS) is 11.7. The lowest BCUT2D eigenvalue weighted by Crippen LogP contribution is -2.35. The number of aliphatic hydroxyl groups excluding tert-OH is 1. The third-order valence-corrected chi connectivity index (χ3v) is 4.06. The zero-order chi connectivity index (χ0) is 19.2. The van der Waals surface area contributed by atoms with E-state index in [1.807, 2.05) is 42.5 Å². The van der Waals surface area contributed by atoms with Crippen LogP contribution in [-0.4, -0.2) is 41.3 Å². The average molecular weight is 365 g/mol. The van der Waals surface area contributed by atoms with Gasteiger partial charge in [0.1, 0.15) is 18.5 Å². The van der Waals surface area contributed by atoms with E-state index in [1.165, 1.54) is 12.1 Å². The first-order valence-corrected chi connectivity index (χ1v) is 8.45. The Morgan fingerprint density at radius 2 is 1.59 bits per heavy atom. The van der Waals surface area contributed by atoms with Crippen LogP contribution < -0.4 is 10.1 Å². The Kier molecular flexibility index (Phi) is 5.68. The summed E-state index contributed by atoms with van der Waals surface area (Å²) in [7, 11) is 0. The van der Waals surface area contributed by atoms with Crippen molar-refractivity contribution in [3.05, 3.63) is 77.9 Å². The van der Waals surface area contributed by atoms with Crippen molar-refractivity contribution in [3.8, 4) is 5.75 Å². The molecule has 0 aliphatic rings. The molecule has 0 aliphatic carbocycles. The van der Waals surface area contributed by atoms with Gasteiger partial charge in [0.2, 0.25) is 0 Å². The minimum atomic E-state index is -1.18. The van der Waals surface area contributed by atoms with Crippen molar-refractivity contribution in [1.82, 2.24) is 5.32 Å². The molecule has 0 aliphatic heterocycles. The number of fused-ring (bicyclic) bond motifs is 1. The molecule has 3 aromatic rings. The summed E-state index contributed by atoms with van der Waals surface area (Å²) in [5.74, 6) is -1.12. The van der Waals surface area contributed by atoms with Crippen LogP contribution in [0.5, 0.6) is 5.75 Å². The number of carbonyl (C=O) groups is 2. The molecule has 0 unspecified atom stereocenters. The molecule has 0 heterocycles. The highest BCUT2D eigenvalue weighted by Gasteiger charge is 2.16. The van der Waals surface area contributed by atoms with E-state index in [4.69, 9.17) is 9.84 Å². The molecule has 3 N–H and O–H groups in total. The van der Waals surface area contributed by atoms with E-state index in [2.05, 4.69) is 5.32 Å². The Morgan fingerprint density at radius 1 is 0.926 bits per heavy atom. The lowest BCUT2D eigenvalue weighted by atomic mass is 10.1. The molecular weight excluding hydrogens is 346 g/mol. The standard InChI is InChI=1S/C21H19NO5/c23-16(12-22-20(24)18-7-3-4-8-19(18)21(25)26)13-27-17-10-9-14-5-1-2-6-15(14)11-17/h1-11,16,23H,12-13H2,(H,22,24)(H,25,26)/t16-/m1/s1. The van der Waals surface area contributed by atoms with Crippen LogP contribution in [0.3, 0.4) is 0 Å². The van der Waals surface area contributed by atoms with Crippen LogP contribution in [0.15, 0.2) is 66.7 Å². The number of hydrogen-bond donors (Lipinski definition) is 3. The van der Waals surface area contributed by atoms with Gasteiger partial charge in [0.15, 0.2) is 0 Å². The highest BCUT2D eigenvalue weighted by Crippen LogP contribution is 2.20. The second-order valence-electron chi connectivity index (χ2n) is 6.03. The number of aromatic carboxylic acids is 1. The highest BCUT2D eigenvalue weighted by atomic mass is 16.5. The van der Waals surface area contributed by atoms with E-state index < -0.39 is 18.0 Å². The molecule has 6 heteroatoms. The molecule has 0 spiro atoms. The Morgan fingerprint density at radius 3 is 2.33 bits per heavy atom. The SMILES string of the molecule is O=C(O)c1ccccc1C(=O)NC[C@@H](O)COc1ccc2ccccc2c1. The fraction of sp³-hybridized carbons (Fsp3) is 0.143. The van der Waals surface area contributed by atoms with Gasteiger partial charge in [-0.15, -0.1) is 0 Å². The maximum Gasteiger partial charge on any atom is 0.336 e. The lowest BCUT2D eigenvalue weighted by Gasteiger charge is -2.14. The summed E-state index contributed by atoms with van der Waals surface area (Å²) in [5.41, 5.74) is -0.0375. The molecule has 3 aromatic carbocycles. The van der Waals surface area contributed by atoms with E-state index in [1.54, 1.807) is 12.1 Å². The van der Waals surface area contributed by atoms with Crippen molar-refractivity contribution in [2.24, 2.45) is 0 Å². The Labute approximate surface area is 156 Å². The Hall–Kier alpha value is -3.38. The number of hydrogen-bond acceptors (Lipinski definition) is 4. The summed E-state index contributed by atoms with van der Waals surface area (Å²) in [6, 6.07) is 19.4. The van der Waals surface area contributed by atoms with Crippen LogP contribution in [-0.2, 0) is 0 Å². The predicted octanol–water partition coefficient (Wildman–Crippen LogP) is 2.71. The van der Waals surface area contributed by atoms with Crippen molar-refractivity contribution in [2.45, 2.75) is 6.10 Å². The number of ether oxygens (including phenoxy) is 1. The van der Waals surface area contributed by atoms with E-state index in [0.717, 1.165) is 10.8 Å². The van der Waals surface area contributed by atoms with Gasteiger partial charge >= 0.3 is 5.97 Å². The van der Waals surface area contributed by atoms with Crippen LogP contribution >= 0.6 is 0 Å². The highest BCUT2D eigenvalue weighted by molar-refractivity contribution is 6.04. The van der Waals surface area contributed by atoms with Crippen LogP contribution in [0.2, 0.25) is 0 Å². The molecule has 27 heavy (non-hydrogen) atoms. The zero-order valence-electron chi connectivity index (χ0n) is 14.5. The maximum absolute atomic E-state index is 12.2. The third-order valence-electron chi connectivity index (χ3n) is 4.06. The number of rotatable bonds is 7. The largest absolute Gasteiger partial charge is 0.491 e. The minimum Gasteiger partial charge on any atom is -0.491 e. The van der Waals surface area contributed by atoms with Gasteiger partial charge in [0.05, 0.1) is 11.1 Å². The first kappa shape index (κ1) is 18.4. The Bertz CT molecular complexity index is 969. The average Bonchev–Trinajstić information content (AvgIpc) is 2.70. The molecule has 0 fully saturated rings. The number of nitrogens with one attached hydrogen (secondary N) is 1. The molecule has 1 amide bonds. The Balaban J connectivity index is 1.54. The third kappa shape index (κ3) is 4.62. The molecule has 0 bridgehead atoms. The molecular formula is C21H19NO5. The van der Waals surface area contributed by atoms with Gasteiger partial charge in [-0.05, 0) is 35.0 Å². The second-order valence-corrected chi connectivity index (χ2v) is 6.03. The maximum atomic E-state index is 12.2. The number of carboxylic acids is 1. The second kappa shape index (κ2) is 8.33. The quantitative estimate of drug-likeness (QED) is 0.598. The lowest BCUT2D eigenvalue weighted by molar-refractivity contribution is 0.0689. The molecule has 0 saturated heterocycles. The van der Waals surface area contributed by atoms with Gasteiger partial charge in [0.25, 0.3) is 5.91 Å². The van der Waals surface area contributed by atoms with Crippen molar-refractivity contribution in [1.29, 1.82) is 0 Å². The van der Waals surface area contributed by atoms with Gasteiger partial charge < -0.3 is 20.3 Å². The van der Waals surface area contributed by atoms with Crippen molar-refractivity contribution in [3.63, 3.8) is 0 Å². The van der Waals surface area contributed by atoms with Gasteiger partial charge in [-0.3, -0.25) is 4.79 Å². The fourth-order valence-electron chi connectivity index (χ4n) is 2.68. The number of benzene rings is 3. The number of aliphatic hydroxyl groups is 1. The van der Waals surface area contributed by atoms with Crippen molar-refractivity contribution in [2.75, 3.05) is 13.2 Å². The van der Waals surface area contributed by atoms with E-state index >= 15 is 0 Å². The van der Waals surface area contributed by atoms with Gasteiger partial charge in [-0.25, -0.2) is 4.79 Å². The molecule has 6 nitrogen and oxygen atoms in total. The first-order valence-electron chi connectivity index (χ1n) is 8.45. The molecule has 0 aromatic heterocycles. The summed E-state index contributed by atoms with van der Waals surface area (Å²) < 4.78 is 5.58. The number of carbonyl (C=O) groups excluding carboxylic acids is 1. The molecule has 0 saturated carbocycles. The van der Waals surface area contributed by atoms with Crippen LogP contribution in [0.1, 0.15) is 20.7 Å². The molecule has 3 rings (SSSR count). The van der Waals surface area contributed by atoms with Crippen LogP contribution in [0.25, 0.3) is 10.8 Å². The predicted molar refractivity (Wildman–Crippen MR) is 101 cm³/mol. The molecule has 0 radical (unpaired) electrons. The van der Waals surface area contributed by atoms with Crippen LogP contribution in [0, 0.1) is 0 Å². The van der Waals surface area contributed by atoms with Gasteiger partial charge in [-0.2, -0.15) is 0 Å². The minimum absolute atomic E-state index is 0.000796. The van der Waals surface area contributed by atoms with Crippen LogP contribution in [0.4, 0.5) is 0 Å². The summed E-state index contributed by atoms with van der Waals surface area (Å²) in [6.07, 6.45) is -0.933. The number of carboxylic acid groups (broad SMARTS) is 1. The van der Waals surface area contributed by atoms with E-state index in [0.29, 0.717) is 5.75 Å². The van der Waals surface area contributed by atoms with Crippen molar-refractivity contribution >= 4 is 22.6 Å². The first-order chi connectivity index (χ1) is 13.0. The van der Waals surface area contributed by atoms with Crippen molar-refractivity contribution < 1.29 is 24.5 Å². The van der Waals surface area contributed by atoms with Gasteiger partial charge in [-0.1, -0.05) is 42.5 Å². The zero-order valence-corrected chi connectivity index (χ0v) is 14.5. The fourth-order valence-corrected chi connectivity index (χ4v) is 2.68. The summed E-state index contributed by atoms with van der Waals surface area (Å²) in [4.78, 5) is 23.3. The smallest absolute Gasteiger partial charge is 0.336 e. The number of amides is 1. The van der Waals surface area contributed by atoms with E-state index in [-0.39, 0.29) is 24.3 Å². The summed E-state index contributed by atoms with van der Waals surface area (Å²) in [5, 5.41) is 23.8. The molecule has 1 atom stereocenters. The molecule has 138 valence electrons. The summed E-state index contributed by atoms with van der Waals surface area (Å²) >= 11 is 0. The van der Waals surface area contributed by atoms with E-state index in [9.17, 15) is 14.7 Å². The van der Waals surface area contributed by atoms with Gasteiger partial charge in [0, 0.05) is 6.54 Å². The monoisotopic (exact) mass is 365 g/mol. The topological polar surface area (TPSA) is 95.9 Å².